The van der Waals surface area contributed by atoms with Crippen LogP contribution in [-0.2, 0) is 11.2 Å². The number of nitrogen functional groups attached to an aromatic ring is 1. The van der Waals surface area contributed by atoms with E-state index in [9.17, 15) is 4.79 Å². The second-order valence-electron chi connectivity index (χ2n) is 6.09. The van der Waals surface area contributed by atoms with E-state index in [4.69, 9.17) is 5.73 Å². The van der Waals surface area contributed by atoms with E-state index in [-0.39, 0.29) is 5.91 Å². The van der Waals surface area contributed by atoms with Crippen molar-refractivity contribution in [3.05, 3.63) is 29.8 Å². The van der Waals surface area contributed by atoms with E-state index >= 15 is 0 Å². The van der Waals surface area contributed by atoms with Crippen LogP contribution in [-0.4, -0.2) is 62.0 Å². The first-order chi connectivity index (χ1) is 10.6. The molecule has 1 saturated heterocycles. The molecule has 0 radical (unpaired) electrons. The average molecular weight is 304 g/mol. The monoisotopic (exact) mass is 304 g/mol. The second-order valence-corrected chi connectivity index (χ2v) is 6.09. The van der Waals surface area contributed by atoms with E-state index in [2.05, 4.69) is 22.2 Å². The highest BCUT2D eigenvalue weighted by Gasteiger charge is 2.12. The number of nitrogens with one attached hydrogen (secondary N) is 1. The smallest absolute Gasteiger partial charge is 0.220 e. The molecule has 0 aliphatic carbocycles. The number of anilines is 1. The van der Waals surface area contributed by atoms with Crippen molar-refractivity contribution in [1.29, 1.82) is 0 Å². The highest BCUT2D eigenvalue weighted by molar-refractivity contribution is 5.76. The lowest BCUT2D eigenvalue weighted by molar-refractivity contribution is -0.121. The molecular formula is C17H28N4O. The van der Waals surface area contributed by atoms with Crippen molar-refractivity contribution in [2.24, 2.45) is 0 Å². The second kappa shape index (κ2) is 8.76. The molecule has 1 heterocycles. The predicted molar refractivity (Wildman–Crippen MR) is 90.7 cm³/mol. The van der Waals surface area contributed by atoms with Crippen molar-refractivity contribution >= 4 is 11.6 Å². The van der Waals surface area contributed by atoms with Crippen molar-refractivity contribution in [3.63, 3.8) is 0 Å². The van der Waals surface area contributed by atoms with Gasteiger partial charge in [0, 0.05) is 44.8 Å². The summed E-state index contributed by atoms with van der Waals surface area (Å²) in [6.45, 7) is 6.42. The number of nitrogens with two attached hydrogens (primary N) is 1. The van der Waals surface area contributed by atoms with Crippen LogP contribution in [0.4, 0.5) is 5.69 Å². The van der Waals surface area contributed by atoms with Crippen LogP contribution < -0.4 is 11.1 Å². The minimum absolute atomic E-state index is 0.134. The average Bonchev–Trinajstić information content (AvgIpc) is 2.53. The van der Waals surface area contributed by atoms with Crippen molar-refractivity contribution in [2.45, 2.75) is 19.3 Å². The van der Waals surface area contributed by atoms with Crippen LogP contribution >= 0.6 is 0 Å². The Kier molecular flexibility index (Phi) is 6.68. The first-order valence-corrected chi connectivity index (χ1v) is 8.15. The molecule has 1 aliphatic heterocycles. The molecule has 2 rings (SSSR count). The molecular weight excluding hydrogens is 276 g/mol. The molecule has 3 N–H and O–H groups in total. The summed E-state index contributed by atoms with van der Waals surface area (Å²) in [7, 11) is 2.17. The van der Waals surface area contributed by atoms with Gasteiger partial charge in [-0.2, -0.15) is 0 Å². The Labute approximate surface area is 133 Å². The highest BCUT2D eigenvalue weighted by Crippen LogP contribution is 2.07. The molecule has 0 unspecified atom stereocenters. The van der Waals surface area contributed by atoms with Crippen molar-refractivity contribution in [2.75, 3.05) is 52.0 Å². The van der Waals surface area contributed by atoms with Gasteiger partial charge in [-0.15, -0.1) is 0 Å². The van der Waals surface area contributed by atoms with E-state index < -0.39 is 0 Å². The quantitative estimate of drug-likeness (QED) is 0.582. The normalized spacial score (nSPS) is 16.6. The van der Waals surface area contributed by atoms with Crippen molar-refractivity contribution in [3.8, 4) is 0 Å². The summed E-state index contributed by atoms with van der Waals surface area (Å²) in [4.78, 5) is 16.7. The van der Waals surface area contributed by atoms with Crippen LogP contribution in [0, 0.1) is 0 Å². The molecule has 0 atom stereocenters. The SMILES string of the molecule is CN1CCN(CCCNC(=O)CCc2ccc(N)cc2)CC1. The van der Waals surface area contributed by atoms with Crippen LogP contribution in [0.5, 0.6) is 0 Å². The summed E-state index contributed by atoms with van der Waals surface area (Å²) in [6, 6.07) is 7.72. The number of piperazine rings is 1. The highest BCUT2D eigenvalue weighted by atomic mass is 16.1. The van der Waals surface area contributed by atoms with Crippen LogP contribution in [0.1, 0.15) is 18.4 Å². The van der Waals surface area contributed by atoms with Gasteiger partial charge in [-0.25, -0.2) is 0 Å². The number of carbonyl (C=O) groups excluding carboxylic acids is 1. The fraction of sp³-hybridized carbons (Fsp3) is 0.588. The third-order valence-corrected chi connectivity index (χ3v) is 4.19. The summed E-state index contributed by atoms with van der Waals surface area (Å²) in [5.41, 5.74) is 7.56. The van der Waals surface area contributed by atoms with Gasteiger partial charge in [0.05, 0.1) is 0 Å². The first kappa shape index (κ1) is 16.8. The number of aryl methyl sites for hydroxylation is 1. The Morgan fingerprint density at radius 3 is 2.55 bits per heavy atom. The van der Waals surface area contributed by atoms with E-state index in [0.717, 1.165) is 63.4 Å². The molecule has 0 aromatic heterocycles. The van der Waals surface area contributed by atoms with E-state index in [1.165, 1.54) is 0 Å². The number of amides is 1. The number of rotatable bonds is 7. The summed E-state index contributed by atoms with van der Waals surface area (Å²) < 4.78 is 0. The van der Waals surface area contributed by atoms with E-state index in [1.807, 2.05) is 24.3 Å². The number of nitrogens with zero attached hydrogens (tertiary/aromatic N) is 2. The zero-order valence-electron chi connectivity index (χ0n) is 13.6. The first-order valence-electron chi connectivity index (χ1n) is 8.15. The molecule has 1 fully saturated rings. The predicted octanol–water partition coefficient (Wildman–Crippen LogP) is 0.955. The van der Waals surface area contributed by atoms with Gasteiger partial charge in [-0.3, -0.25) is 4.79 Å². The summed E-state index contributed by atoms with van der Waals surface area (Å²) >= 11 is 0. The fourth-order valence-corrected chi connectivity index (χ4v) is 2.63. The van der Waals surface area contributed by atoms with E-state index in [1.54, 1.807) is 0 Å². The standard InChI is InChI=1S/C17H28N4O/c1-20-11-13-21(14-12-20)10-2-9-19-17(22)8-5-15-3-6-16(18)7-4-15/h3-4,6-7H,2,5,8-14,18H2,1H3,(H,19,22). The Bertz CT molecular complexity index is 452. The minimum Gasteiger partial charge on any atom is -0.399 e. The number of benzene rings is 1. The van der Waals surface area contributed by atoms with Crippen LogP contribution in [0.3, 0.4) is 0 Å². The van der Waals surface area contributed by atoms with Crippen LogP contribution in [0.2, 0.25) is 0 Å². The lowest BCUT2D eigenvalue weighted by Gasteiger charge is -2.32. The van der Waals surface area contributed by atoms with Crippen LogP contribution in [0.15, 0.2) is 24.3 Å². The molecule has 0 saturated carbocycles. The van der Waals surface area contributed by atoms with Gasteiger partial charge in [0.25, 0.3) is 0 Å². The topological polar surface area (TPSA) is 61.6 Å². The number of hydrogen-bond donors (Lipinski definition) is 2. The van der Waals surface area contributed by atoms with Gasteiger partial charge < -0.3 is 20.9 Å². The van der Waals surface area contributed by atoms with Crippen LogP contribution in [0.25, 0.3) is 0 Å². The minimum atomic E-state index is 0.134. The number of carbonyl (C=O) groups is 1. The van der Waals surface area contributed by atoms with Gasteiger partial charge in [0.1, 0.15) is 0 Å². The Morgan fingerprint density at radius 2 is 1.86 bits per heavy atom. The number of hydrogen-bond acceptors (Lipinski definition) is 4. The lowest BCUT2D eigenvalue weighted by Crippen LogP contribution is -2.45. The molecule has 5 nitrogen and oxygen atoms in total. The maximum atomic E-state index is 11.8. The number of likely N-dealkylation sites (N-methyl/N-ethyl adjacent to an activating group) is 1. The summed E-state index contributed by atoms with van der Waals surface area (Å²) in [5.74, 6) is 0.134. The van der Waals surface area contributed by atoms with Gasteiger partial charge in [0.2, 0.25) is 5.91 Å². The maximum Gasteiger partial charge on any atom is 0.220 e. The molecule has 122 valence electrons. The van der Waals surface area contributed by atoms with Crippen molar-refractivity contribution < 1.29 is 4.79 Å². The molecule has 0 spiro atoms. The van der Waals surface area contributed by atoms with Gasteiger partial charge >= 0.3 is 0 Å². The maximum absolute atomic E-state index is 11.8. The lowest BCUT2D eigenvalue weighted by atomic mass is 10.1. The Balaban J connectivity index is 1.53. The Morgan fingerprint density at radius 1 is 1.18 bits per heavy atom. The molecule has 1 aliphatic rings. The molecule has 1 aromatic rings. The third-order valence-electron chi connectivity index (χ3n) is 4.19. The molecule has 5 heteroatoms. The summed E-state index contributed by atoms with van der Waals surface area (Å²) in [6.07, 6.45) is 2.33. The fourth-order valence-electron chi connectivity index (χ4n) is 2.63. The molecule has 0 bridgehead atoms. The Hall–Kier alpha value is -1.59. The zero-order valence-corrected chi connectivity index (χ0v) is 13.6. The zero-order chi connectivity index (χ0) is 15.8. The van der Waals surface area contributed by atoms with Crippen molar-refractivity contribution in [1.82, 2.24) is 15.1 Å². The largest absolute Gasteiger partial charge is 0.399 e. The van der Waals surface area contributed by atoms with Gasteiger partial charge in [-0.05, 0) is 44.1 Å². The van der Waals surface area contributed by atoms with Gasteiger partial charge in [-0.1, -0.05) is 12.1 Å². The molecule has 1 amide bonds. The third kappa shape index (κ3) is 6.03. The van der Waals surface area contributed by atoms with E-state index in [0.29, 0.717) is 6.42 Å². The molecule has 1 aromatic carbocycles. The molecule has 22 heavy (non-hydrogen) atoms. The summed E-state index contributed by atoms with van der Waals surface area (Å²) in [5, 5.41) is 3.01. The van der Waals surface area contributed by atoms with Gasteiger partial charge in [0.15, 0.2) is 0 Å².